The molecule has 0 spiro atoms. The van der Waals surface area contributed by atoms with Crippen molar-refractivity contribution >= 4 is 46.6 Å². The van der Waals surface area contributed by atoms with E-state index in [-0.39, 0.29) is 5.57 Å². The van der Waals surface area contributed by atoms with Crippen molar-refractivity contribution in [1.82, 2.24) is 0 Å². The molecule has 0 N–H and O–H groups in total. The predicted octanol–water partition coefficient (Wildman–Crippen LogP) is 4.80. The first-order valence-corrected chi connectivity index (χ1v) is 7.37. The summed E-state index contributed by atoms with van der Waals surface area (Å²) in [5.74, 6) is -0.656. The van der Waals surface area contributed by atoms with Gasteiger partial charge in [0.05, 0.1) is 12.1 Å². The Kier molecular flexibility index (Phi) is 5.03. The average Bonchev–Trinajstić information content (AvgIpc) is 2.92. The fourth-order valence-corrected chi connectivity index (χ4v) is 3.21. The van der Waals surface area contributed by atoms with E-state index in [1.807, 2.05) is 24.3 Å². The summed E-state index contributed by atoms with van der Waals surface area (Å²) >= 11 is 13.4. The van der Waals surface area contributed by atoms with Crippen LogP contribution in [0.2, 0.25) is 10.0 Å². The Labute approximate surface area is 136 Å². The molecule has 2 rings (SSSR count). The Bertz CT molecular complexity index is 759. The van der Waals surface area contributed by atoms with Crippen molar-refractivity contribution in [3.05, 3.63) is 50.8 Å². The second-order valence-electron chi connectivity index (χ2n) is 3.99. The third-order valence-corrected chi connectivity index (χ3v) is 4.25. The molecule has 0 saturated carbocycles. The van der Waals surface area contributed by atoms with Gasteiger partial charge < -0.3 is 4.74 Å². The third-order valence-electron chi connectivity index (χ3n) is 2.64. The van der Waals surface area contributed by atoms with Gasteiger partial charge in [0.15, 0.2) is 0 Å². The Morgan fingerprint density at radius 2 is 2.10 bits per heavy atom. The standard InChI is InChI=1S/C15H9Cl2NO2S/c1-20-15(19)9(8-18)6-11-3-5-14(21-11)12-4-2-10(16)7-13(12)17/h2-7H,1H3/b9-6+. The average molecular weight is 338 g/mol. The largest absolute Gasteiger partial charge is 0.465 e. The number of halogens is 2. The van der Waals surface area contributed by atoms with Crippen molar-refractivity contribution < 1.29 is 9.53 Å². The highest BCUT2D eigenvalue weighted by molar-refractivity contribution is 7.16. The molecule has 0 fully saturated rings. The summed E-state index contributed by atoms with van der Waals surface area (Å²) in [4.78, 5) is 13.1. The van der Waals surface area contributed by atoms with Crippen LogP contribution in [-0.4, -0.2) is 13.1 Å². The van der Waals surface area contributed by atoms with E-state index >= 15 is 0 Å². The van der Waals surface area contributed by atoms with Crippen LogP contribution in [-0.2, 0) is 9.53 Å². The molecule has 0 aliphatic rings. The molecule has 1 aromatic heterocycles. The molecular weight excluding hydrogens is 329 g/mol. The van der Waals surface area contributed by atoms with Gasteiger partial charge in [-0.1, -0.05) is 29.3 Å². The molecule has 0 aliphatic carbocycles. The van der Waals surface area contributed by atoms with Crippen LogP contribution >= 0.6 is 34.5 Å². The fraction of sp³-hybridized carbons (Fsp3) is 0.0667. The molecule has 0 amide bonds. The molecule has 1 aromatic carbocycles. The number of rotatable bonds is 3. The van der Waals surface area contributed by atoms with Crippen molar-refractivity contribution in [2.24, 2.45) is 0 Å². The maximum Gasteiger partial charge on any atom is 0.348 e. The van der Waals surface area contributed by atoms with Crippen LogP contribution in [0.5, 0.6) is 0 Å². The van der Waals surface area contributed by atoms with Gasteiger partial charge in [-0.15, -0.1) is 11.3 Å². The van der Waals surface area contributed by atoms with E-state index in [1.54, 1.807) is 12.1 Å². The molecule has 3 nitrogen and oxygen atoms in total. The molecule has 0 aliphatic heterocycles. The van der Waals surface area contributed by atoms with Gasteiger partial charge in [-0.2, -0.15) is 5.26 Å². The van der Waals surface area contributed by atoms with E-state index in [1.165, 1.54) is 24.5 Å². The lowest BCUT2D eigenvalue weighted by molar-refractivity contribution is -0.135. The summed E-state index contributed by atoms with van der Waals surface area (Å²) in [7, 11) is 1.24. The summed E-state index contributed by atoms with van der Waals surface area (Å²) in [6, 6.07) is 10.8. The van der Waals surface area contributed by atoms with Gasteiger partial charge in [0.25, 0.3) is 0 Å². The molecule has 0 atom stereocenters. The lowest BCUT2D eigenvalue weighted by Gasteiger charge is -2.01. The molecule has 21 heavy (non-hydrogen) atoms. The number of methoxy groups -OCH3 is 1. The smallest absolute Gasteiger partial charge is 0.348 e. The zero-order valence-electron chi connectivity index (χ0n) is 10.9. The maximum absolute atomic E-state index is 11.4. The number of hydrogen-bond acceptors (Lipinski definition) is 4. The minimum atomic E-state index is -0.656. The quantitative estimate of drug-likeness (QED) is 0.459. The van der Waals surface area contributed by atoms with Crippen LogP contribution in [0.15, 0.2) is 35.9 Å². The van der Waals surface area contributed by atoms with Gasteiger partial charge in [0.2, 0.25) is 0 Å². The maximum atomic E-state index is 11.4. The second-order valence-corrected chi connectivity index (χ2v) is 5.95. The van der Waals surface area contributed by atoms with Crippen molar-refractivity contribution in [3.8, 4) is 16.5 Å². The zero-order chi connectivity index (χ0) is 15.4. The lowest BCUT2D eigenvalue weighted by Crippen LogP contribution is -2.02. The Morgan fingerprint density at radius 3 is 2.71 bits per heavy atom. The van der Waals surface area contributed by atoms with E-state index in [2.05, 4.69) is 4.74 Å². The first-order valence-electron chi connectivity index (χ1n) is 5.80. The minimum absolute atomic E-state index is 0.0481. The van der Waals surface area contributed by atoms with Gasteiger partial charge >= 0.3 is 5.97 Å². The van der Waals surface area contributed by atoms with Crippen LogP contribution in [0.3, 0.4) is 0 Å². The number of nitrogens with zero attached hydrogens (tertiary/aromatic N) is 1. The first-order chi connectivity index (χ1) is 10.0. The molecule has 106 valence electrons. The number of ether oxygens (including phenoxy) is 1. The van der Waals surface area contributed by atoms with E-state index < -0.39 is 5.97 Å². The van der Waals surface area contributed by atoms with Crippen LogP contribution in [0.1, 0.15) is 4.88 Å². The second kappa shape index (κ2) is 6.77. The van der Waals surface area contributed by atoms with E-state index in [4.69, 9.17) is 28.5 Å². The summed E-state index contributed by atoms with van der Waals surface area (Å²) in [5, 5.41) is 10.1. The highest BCUT2D eigenvalue weighted by Crippen LogP contribution is 2.35. The van der Waals surface area contributed by atoms with Gasteiger partial charge in [0.1, 0.15) is 11.6 Å². The van der Waals surface area contributed by atoms with Crippen molar-refractivity contribution in [2.75, 3.05) is 7.11 Å². The highest BCUT2D eigenvalue weighted by Gasteiger charge is 2.11. The van der Waals surface area contributed by atoms with Gasteiger partial charge in [0, 0.05) is 20.3 Å². The highest BCUT2D eigenvalue weighted by atomic mass is 35.5. The minimum Gasteiger partial charge on any atom is -0.465 e. The topological polar surface area (TPSA) is 50.1 Å². The van der Waals surface area contributed by atoms with Crippen LogP contribution in [0, 0.1) is 11.3 Å². The van der Waals surface area contributed by atoms with Crippen LogP contribution in [0.25, 0.3) is 16.5 Å². The SMILES string of the molecule is COC(=O)/C(C#N)=C/c1ccc(-c2ccc(Cl)cc2Cl)s1. The number of hydrogen-bond donors (Lipinski definition) is 0. The number of nitriles is 1. The Hall–Kier alpha value is -1.80. The summed E-state index contributed by atoms with van der Waals surface area (Å²) in [6.45, 7) is 0. The van der Waals surface area contributed by atoms with Gasteiger partial charge in [-0.05, 0) is 30.3 Å². The lowest BCUT2D eigenvalue weighted by atomic mass is 10.2. The molecule has 0 unspecified atom stereocenters. The van der Waals surface area contributed by atoms with Crippen molar-refractivity contribution in [2.45, 2.75) is 0 Å². The molecule has 2 aromatic rings. The Morgan fingerprint density at radius 1 is 1.33 bits per heavy atom. The van der Waals surface area contributed by atoms with Crippen LogP contribution < -0.4 is 0 Å². The van der Waals surface area contributed by atoms with Gasteiger partial charge in [-0.25, -0.2) is 4.79 Å². The van der Waals surface area contributed by atoms with E-state index in [9.17, 15) is 4.79 Å². The number of carbonyl (C=O) groups is 1. The molecule has 0 radical (unpaired) electrons. The van der Waals surface area contributed by atoms with E-state index in [0.717, 1.165) is 15.3 Å². The number of benzene rings is 1. The molecule has 1 heterocycles. The van der Waals surface area contributed by atoms with Crippen molar-refractivity contribution in [1.29, 1.82) is 5.26 Å². The normalized spacial score (nSPS) is 11.0. The third kappa shape index (κ3) is 3.64. The molecule has 0 bridgehead atoms. The number of thiophene rings is 1. The molecule has 0 saturated heterocycles. The molecular formula is C15H9Cl2NO2S. The zero-order valence-corrected chi connectivity index (χ0v) is 13.2. The molecule has 6 heteroatoms. The van der Waals surface area contributed by atoms with Crippen molar-refractivity contribution in [3.63, 3.8) is 0 Å². The fourth-order valence-electron chi connectivity index (χ4n) is 1.65. The number of esters is 1. The van der Waals surface area contributed by atoms with Gasteiger partial charge in [-0.3, -0.25) is 0 Å². The summed E-state index contributed by atoms with van der Waals surface area (Å²) in [6.07, 6.45) is 1.49. The van der Waals surface area contributed by atoms with Crippen LogP contribution in [0.4, 0.5) is 0 Å². The summed E-state index contributed by atoms with van der Waals surface area (Å²) < 4.78 is 4.54. The predicted molar refractivity (Wildman–Crippen MR) is 85.4 cm³/mol. The summed E-state index contributed by atoms with van der Waals surface area (Å²) in [5.41, 5.74) is 0.801. The number of carbonyl (C=O) groups excluding carboxylic acids is 1. The monoisotopic (exact) mass is 337 g/mol. The van der Waals surface area contributed by atoms with E-state index in [0.29, 0.717) is 10.0 Å². The Balaban J connectivity index is 2.36. The first kappa shape index (κ1) is 15.6.